The van der Waals surface area contributed by atoms with Gasteiger partial charge in [-0.05, 0) is 20.8 Å². The first kappa shape index (κ1) is 35.6. The Bertz CT molecular complexity index is 743. The van der Waals surface area contributed by atoms with Crippen LogP contribution in [0.1, 0.15) is 20.8 Å². The van der Waals surface area contributed by atoms with Crippen LogP contribution < -0.4 is 0 Å². The molecule has 6 nitrogen and oxygen atoms in total. The lowest BCUT2D eigenvalue weighted by Crippen LogP contribution is -2.41. The number of esters is 3. The molecule has 0 spiro atoms. The van der Waals surface area contributed by atoms with Crippen molar-refractivity contribution in [2.24, 2.45) is 0 Å². The summed E-state index contributed by atoms with van der Waals surface area (Å²) in [5.41, 5.74) is 0.0653. The second kappa shape index (κ2) is 15.0. The molecule has 0 bridgehead atoms. The van der Waals surface area contributed by atoms with Crippen molar-refractivity contribution >= 4 is 17.9 Å². The minimum absolute atomic E-state index is 0.120. The van der Waals surface area contributed by atoms with E-state index in [9.17, 15) is 53.9 Å². The van der Waals surface area contributed by atoms with Crippen LogP contribution in [0.2, 0.25) is 0 Å². The van der Waals surface area contributed by atoms with Gasteiger partial charge < -0.3 is 14.2 Å². The summed E-state index contributed by atoms with van der Waals surface area (Å²) in [5.74, 6) is -12.1. The van der Waals surface area contributed by atoms with Crippen LogP contribution in [0.3, 0.4) is 0 Å². The van der Waals surface area contributed by atoms with Crippen LogP contribution in [-0.4, -0.2) is 62.7 Å². The minimum Gasteiger partial charge on any atom is -0.466 e. The molecule has 0 heterocycles. The Morgan fingerprint density at radius 3 is 1.24 bits per heavy atom. The number of hydrogen-bond donors (Lipinski definition) is 0. The molecule has 0 saturated heterocycles. The van der Waals surface area contributed by atoms with Gasteiger partial charge in [-0.25, -0.2) is 23.2 Å². The molecule has 0 saturated carbocycles. The minimum atomic E-state index is -5.72. The van der Waals surface area contributed by atoms with Crippen LogP contribution >= 0.6 is 0 Å². The summed E-state index contributed by atoms with van der Waals surface area (Å²) >= 11 is 0. The summed E-state index contributed by atoms with van der Waals surface area (Å²) in [5, 5.41) is 0. The maximum absolute atomic E-state index is 12.1. The number of halogens is 9. The molecule has 0 N–H and O–H groups in total. The number of methoxy groups -OCH3 is 1. The first-order valence-electron chi connectivity index (χ1n) is 8.53. The topological polar surface area (TPSA) is 78.9 Å². The first-order valence-corrected chi connectivity index (χ1v) is 8.53. The van der Waals surface area contributed by atoms with Crippen LogP contribution in [0.15, 0.2) is 36.5 Å². The fraction of sp³-hybridized carbons (Fsp3) is 0.526. The molecule has 0 fully saturated rings. The fourth-order valence-electron chi connectivity index (χ4n) is 0.883. The van der Waals surface area contributed by atoms with Crippen molar-refractivity contribution in [3.8, 4) is 0 Å². The highest BCUT2D eigenvalue weighted by molar-refractivity contribution is 5.87. The number of ether oxygens (including phenoxy) is 3. The maximum atomic E-state index is 12.1. The normalized spacial score (nSPS) is 11.1. The van der Waals surface area contributed by atoms with Gasteiger partial charge in [-0.3, -0.25) is 0 Å². The van der Waals surface area contributed by atoms with Gasteiger partial charge in [0.05, 0.1) is 7.11 Å². The van der Waals surface area contributed by atoms with Crippen LogP contribution in [0.25, 0.3) is 0 Å². The summed E-state index contributed by atoms with van der Waals surface area (Å²) in [6.07, 6.45) is -9.56. The number of hydrogen-bond acceptors (Lipinski definition) is 6. The second-order valence-electron chi connectivity index (χ2n) is 6.25. The van der Waals surface area contributed by atoms with Crippen LogP contribution in [0.4, 0.5) is 39.5 Å². The van der Waals surface area contributed by atoms with Gasteiger partial charge in [0, 0.05) is 16.7 Å². The Morgan fingerprint density at radius 1 is 0.706 bits per heavy atom. The van der Waals surface area contributed by atoms with Crippen LogP contribution in [0, 0.1) is 0 Å². The lowest BCUT2D eigenvalue weighted by molar-refractivity contribution is -0.293. The maximum Gasteiger partial charge on any atom is 0.456 e. The zero-order chi connectivity index (χ0) is 28.1. The Hall–Kier alpha value is -3.00. The lowest BCUT2D eigenvalue weighted by Gasteiger charge is -2.18. The monoisotopic (exact) mass is 518 g/mol. The van der Waals surface area contributed by atoms with Gasteiger partial charge in [0.1, 0.15) is 0 Å². The molecule has 0 aromatic heterocycles. The smallest absolute Gasteiger partial charge is 0.456 e. The van der Waals surface area contributed by atoms with Gasteiger partial charge in [0.2, 0.25) is 0 Å². The van der Waals surface area contributed by atoms with E-state index in [0.717, 1.165) is 6.92 Å². The number of alkyl halides is 9. The number of carbonyl (C=O) groups is 3. The summed E-state index contributed by atoms with van der Waals surface area (Å²) in [4.78, 5) is 31.2. The van der Waals surface area contributed by atoms with Crippen LogP contribution in [0.5, 0.6) is 0 Å². The highest BCUT2D eigenvalue weighted by Gasteiger charge is 2.58. The van der Waals surface area contributed by atoms with Gasteiger partial charge in [0.25, 0.3) is 0 Å². The molecule has 0 amide bonds. The van der Waals surface area contributed by atoms with E-state index in [-0.39, 0.29) is 17.1 Å². The highest BCUT2D eigenvalue weighted by atomic mass is 19.4. The van der Waals surface area contributed by atoms with Gasteiger partial charge >= 0.3 is 42.4 Å². The number of carbonyl (C=O) groups excluding carboxylic acids is 3. The van der Waals surface area contributed by atoms with Crippen molar-refractivity contribution in [3.63, 3.8) is 0 Å². The number of rotatable bonds is 8. The summed E-state index contributed by atoms with van der Waals surface area (Å²) in [6.45, 7) is 9.77. The zero-order valence-corrected chi connectivity index (χ0v) is 18.5. The molecule has 0 aromatic carbocycles. The Kier molecular flexibility index (Phi) is 15.7. The summed E-state index contributed by atoms with van der Waals surface area (Å²) in [7, 11) is 1.33. The quantitative estimate of drug-likeness (QED) is 0.194. The Labute approximate surface area is 189 Å². The SMILES string of the molecule is C=C(C)C(=O)OC.C=C(C)C(=O)OCC(F)(F)C(F)(F)F.C=C(C)C(=O)OCC(F)(F)C(F)F. The van der Waals surface area contributed by atoms with Crippen molar-refractivity contribution in [3.05, 3.63) is 36.5 Å². The van der Waals surface area contributed by atoms with Gasteiger partial charge in [0.15, 0.2) is 13.2 Å². The third-order valence-electron chi connectivity index (χ3n) is 2.75. The lowest BCUT2D eigenvalue weighted by atomic mass is 10.3. The van der Waals surface area contributed by atoms with Crippen molar-refractivity contribution in [2.75, 3.05) is 20.3 Å². The van der Waals surface area contributed by atoms with Gasteiger partial charge in [-0.1, -0.05) is 19.7 Å². The molecular formula is C19H23F9O6. The largest absolute Gasteiger partial charge is 0.466 e. The summed E-state index contributed by atoms with van der Waals surface area (Å²) < 4.78 is 118. The van der Waals surface area contributed by atoms with E-state index < -0.39 is 49.6 Å². The van der Waals surface area contributed by atoms with E-state index in [2.05, 4.69) is 33.9 Å². The standard InChI is InChI=1S/C7H7F5O2.C7H8F4O2.C5H8O2/c1-4(2)5(13)14-3-6(8,9)7(10,11)12;1-4(2)5(12)13-3-7(10,11)6(8)9;1-4(2)5(6)7-3/h1,3H2,2H3;6H,1,3H2,2H3;1H2,2-3H3. The van der Waals surface area contributed by atoms with Crippen molar-refractivity contribution in [1.29, 1.82) is 0 Å². The van der Waals surface area contributed by atoms with Gasteiger partial charge in [-0.15, -0.1) is 0 Å². The van der Waals surface area contributed by atoms with E-state index in [0.29, 0.717) is 5.57 Å². The first-order chi connectivity index (χ1) is 15.0. The predicted octanol–water partition coefficient (Wildman–Crippen LogP) is 5.04. The second-order valence-corrected chi connectivity index (χ2v) is 6.25. The van der Waals surface area contributed by atoms with Crippen molar-refractivity contribution in [2.45, 2.75) is 45.2 Å². The summed E-state index contributed by atoms with van der Waals surface area (Å²) in [6, 6.07) is 0. The molecule has 0 rings (SSSR count). The molecule has 0 aromatic rings. The molecule has 15 heteroatoms. The molecule has 0 aliphatic rings. The van der Waals surface area contributed by atoms with Crippen molar-refractivity contribution in [1.82, 2.24) is 0 Å². The average Bonchev–Trinajstić information content (AvgIpc) is 2.69. The van der Waals surface area contributed by atoms with Crippen molar-refractivity contribution < 1.29 is 68.1 Å². The molecule has 0 atom stereocenters. The van der Waals surface area contributed by atoms with E-state index in [4.69, 9.17) is 0 Å². The molecule has 0 aliphatic carbocycles. The average molecular weight is 518 g/mol. The van der Waals surface area contributed by atoms with E-state index in [1.54, 1.807) is 6.92 Å². The Morgan fingerprint density at radius 2 is 1.03 bits per heavy atom. The molecular weight excluding hydrogens is 495 g/mol. The Balaban J connectivity index is -0.000000448. The molecule has 34 heavy (non-hydrogen) atoms. The van der Waals surface area contributed by atoms with E-state index in [1.807, 2.05) is 0 Å². The van der Waals surface area contributed by atoms with Crippen LogP contribution in [-0.2, 0) is 28.6 Å². The fourth-order valence-corrected chi connectivity index (χ4v) is 0.883. The highest BCUT2D eigenvalue weighted by Crippen LogP contribution is 2.35. The van der Waals surface area contributed by atoms with E-state index >= 15 is 0 Å². The predicted molar refractivity (Wildman–Crippen MR) is 100 cm³/mol. The third kappa shape index (κ3) is 15.7. The van der Waals surface area contributed by atoms with Gasteiger partial charge in [-0.2, -0.15) is 30.7 Å². The molecule has 0 radical (unpaired) electrons. The molecule has 0 aliphatic heterocycles. The zero-order valence-electron chi connectivity index (χ0n) is 18.5. The van der Waals surface area contributed by atoms with E-state index in [1.165, 1.54) is 14.0 Å². The third-order valence-corrected chi connectivity index (χ3v) is 2.75. The molecule has 0 unspecified atom stereocenters. The molecule has 198 valence electrons.